The van der Waals surface area contributed by atoms with Gasteiger partial charge in [-0.2, -0.15) is 0 Å². The monoisotopic (exact) mass is 315 g/mol. The van der Waals surface area contributed by atoms with E-state index in [1.54, 1.807) is 18.9 Å². The first-order valence-corrected chi connectivity index (χ1v) is 11.1. The van der Waals surface area contributed by atoms with Crippen molar-refractivity contribution in [3.8, 4) is 11.4 Å². The van der Waals surface area contributed by atoms with E-state index < -0.39 is 8.07 Å². The molecule has 0 aliphatic heterocycles. The van der Waals surface area contributed by atoms with Crippen LogP contribution in [0, 0.1) is 0 Å². The zero-order chi connectivity index (χ0) is 15.6. The second kappa shape index (κ2) is 6.02. The highest BCUT2D eigenvalue weighted by Gasteiger charge is 2.13. The number of H-pyrrole nitrogens is 1. The third-order valence-corrected chi connectivity index (χ3v) is 5.24. The minimum absolute atomic E-state index is 0.521. The Kier molecular flexibility index (Phi) is 4.08. The molecule has 3 aromatic heterocycles. The van der Waals surface area contributed by atoms with Crippen molar-refractivity contribution in [3.63, 3.8) is 0 Å². The minimum Gasteiger partial charge on any atom is -0.361 e. The highest BCUT2D eigenvalue weighted by Crippen LogP contribution is 2.24. The number of hydrogen-bond acceptors (Lipinski definition) is 4. The molecule has 6 nitrogen and oxygen atoms in total. The van der Waals surface area contributed by atoms with Gasteiger partial charge in [0, 0.05) is 26.3 Å². The summed E-state index contributed by atoms with van der Waals surface area (Å²) in [5.74, 6) is 0. The smallest absolute Gasteiger partial charge is 0.145 e. The lowest BCUT2D eigenvalue weighted by Gasteiger charge is -2.15. The molecule has 7 heteroatoms. The van der Waals surface area contributed by atoms with Gasteiger partial charge in [-0.05, 0) is 12.1 Å². The van der Waals surface area contributed by atoms with E-state index >= 15 is 0 Å². The third kappa shape index (κ3) is 3.25. The third-order valence-electron chi connectivity index (χ3n) is 3.54. The maximum atomic E-state index is 5.81. The van der Waals surface area contributed by atoms with Crippen molar-refractivity contribution in [2.45, 2.75) is 32.4 Å². The van der Waals surface area contributed by atoms with Crippen molar-refractivity contribution < 1.29 is 4.74 Å². The van der Waals surface area contributed by atoms with Crippen LogP contribution in [0.3, 0.4) is 0 Å². The minimum atomic E-state index is -1.05. The van der Waals surface area contributed by atoms with Gasteiger partial charge in [0.05, 0.1) is 18.2 Å². The molecule has 0 aliphatic carbocycles. The molecule has 0 unspecified atom stereocenters. The van der Waals surface area contributed by atoms with Gasteiger partial charge in [0.25, 0.3) is 0 Å². The Morgan fingerprint density at radius 1 is 1.27 bits per heavy atom. The first-order valence-electron chi connectivity index (χ1n) is 7.41. The summed E-state index contributed by atoms with van der Waals surface area (Å²) in [5.41, 5.74) is 2.64. The molecule has 0 atom stereocenters. The van der Waals surface area contributed by atoms with E-state index in [2.05, 4.69) is 39.6 Å². The molecule has 0 saturated heterocycles. The normalized spacial score (nSPS) is 12.1. The number of ether oxygens (including phenoxy) is 1. The lowest BCUT2D eigenvalue weighted by molar-refractivity contribution is 0.0899. The molecule has 0 aromatic carbocycles. The molecule has 3 aromatic rings. The zero-order valence-electron chi connectivity index (χ0n) is 13.2. The Bertz CT molecular complexity index is 745. The van der Waals surface area contributed by atoms with Gasteiger partial charge in [-0.25, -0.2) is 15.0 Å². The molecular formula is C15H21N5OSi. The maximum absolute atomic E-state index is 5.81. The van der Waals surface area contributed by atoms with Gasteiger partial charge in [0.2, 0.25) is 0 Å². The van der Waals surface area contributed by atoms with Crippen LogP contribution in [0.5, 0.6) is 0 Å². The largest absolute Gasteiger partial charge is 0.361 e. The second-order valence-electron chi connectivity index (χ2n) is 6.56. The van der Waals surface area contributed by atoms with Crippen LogP contribution < -0.4 is 0 Å². The fourth-order valence-corrected chi connectivity index (χ4v) is 3.01. The van der Waals surface area contributed by atoms with Crippen LogP contribution in [0.15, 0.2) is 31.1 Å². The molecule has 0 saturated carbocycles. The fourth-order valence-electron chi connectivity index (χ4n) is 2.25. The molecule has 0 fully saturated rings. The van der Waals surface area contributed by atoms with Gasteiger partial charge in [-0.1, -0.05) is 19.6 Å². The number of hydrogen-bond donors (Lipinski definition) is 1. The van der Waals surface area contributed by atoms with Crippen LogP contribution in [0.1, 0.15) is 0 Å². The number of aromatic amines is 1. The van der Waals surface area contributed by atoms with Crippen molar-refractivity contribution >= 4 is 19.1 Å². The summed E-state index contributed by atoms with van der Waals surface area (Å²) in [6.07, 6.45) is 6.99. The topological polar surface area (TPSA) is 68.6 Å². The molecule has 0 radical (unpaired) electrons. The fraction of sp³-hybridized carbons (Fsp3) is 0.400. The second-order valence-corrected chi connectivity index (χ2v) is 12.2. The highest BCUT2D eigenvalue weighted by atomic mass is 28.3. The van der Waals surface area contributed by atoms with Crippen LogP contribution in [0.25, 0.3) is 22.4 Å². The van der Waals surface area contributed by atoms with Gasteiger partial charge < -0.3 is 14.3 Å². The van der Waals surface area contributed by atoms with Gasteiger partial charge in [0.15, 0.2) is 0 Å². The van der Waals surface area contributed by atoms with Crippen LogP contribution >= 0.6 is 0 Å². The first kappa shape index (κ1) is 14.9. The Balaban J connectivity index is 1.77. The van der Waals surface area contributed by atoms with E-state index in [1.807, 2.05) is 16.8 Å². The summed E-state index contributed by atoms with van der Waals surface area (Å²) in [6.45, 7) is 8.38. The van der Waals surface area contributed by atoms with Crippen molar-refractivity contribution in [1.82, 2.24) is 24.5 Å². The molecule has 1 N–H and O–H groups in total. The molecule has 0 bridgehead atoms. The maximum Gasteiger partial charge on any atom is 0.145 e. The Hall–Kier alpha value is -1.99. The molecule has 0 aliphatic rings. The predicted molar refractivity (Wildman–Crippen MR) is 89.2 cm³/mol. The molecule has 0 spiro atoms. The van der Waals surface area contributed by atoms with Gasteiger partial charge in [-0.3, -0.25) is 0 Å². The predicted octanol–water partition coefficient (Wildman–Crippen LogP) is 3.13. The van der Waals surface area contributed by atoms with Gasteiger partial charge >= 0.3 is 0 Å². The van der Waals surface area contributed by atoms with Gasteiger partial charge in [-0.15, -0.1) is 0 Å². The van der Waals surface area contributed by atoms with E-state index in [0.717, 1.165) is 29.0 Å². The number of fused-ring (bicyclic) bond motifs is 1. The number of nitrogens with zero attached hydrogens (tertiary/aromatic N) is 4. The average Bonchev–Trinajstić information content (AvgIpc) is 3.12. The summed E-state index contributed by atoms with van der Waals surface area (Å²) in [6, 6.07) is 3.19. The summed E-state index contributed by atoms with van der Waals surface area (Å²) < 4.78 is 7.82. The van der Waals surface area contributed by atoms with Crippen LogP contribution in [-0.4, -0.2) is 39.2 Å². The van der Waals surface area contributed by atoms with Crippen LogP contribution in [-0.2, 0) is 11.5 Å². The van der Waals surface area contributed by atoms with Crippen molar-refractivity contribution in [1.29, 1.82) is 0 Å². The summed E-state index contributed by atoms with van der Waals surface area (Å²) in [4.78, 5) is 15.9. The van der Waals surface area contributed by atoms with E-state index in [9.17, 15) is 0 Å². The van der Waals surface area contributed by atoms with Crippen molar-refractivity contribution in [3.05, 3.63) is 31.1 Å². The molecule has 3 rings (SSSR count). The van der Waals surface area contributed by atoms with Crippen LogP contribution in [0.4, 0.5) is 0 Å². The molecule has 22 heavy (non-hydrogen) atoms. The van der Waals surface area contributed by atoms with E-state index in [0.29, 0.717) is 6.73 Å². The summed E-state index contributed by atoms with van der Waals surface area (Å²) >= 11 is 0. The quantitative estimate of drug-likeness (QED) is 0.560. The lowest BCUT2D eigenvalue weighted by atomic mass is 10.2. The average molecular weight is 315 g/mol. The Labute approximate surface area is 130 Å². The van der Waals surface area contributed by atoms with Crippen LogP contribution in [0.2, 0.25) is 25.7 Å². The Morgan fingerprint density at radius 2 is 2.14 bits per heavy atom. The lowest BCUT2D eigenvalue weighted by Crippen LogP contribution is -2.22. The van der Waals surface area contributed by atoms with Crippen molar-refractivity contribution in [2.75, 3.05) is 6.61 Å². The van der Waals surface area contributed by atoms with Gasteiger partial charge in [0.1, 0.15) is 24.4 Å². The number of nitrogens with one attached hydrogen (secondary N) is 1. The summed E-state index contributed by atoms with van der Waals surface area (Å²) in [7, 11) is -1.05. The number of rotatable bonds is 6. The molecular weight excluding hydrogens is 294 g/mol. The number of aromatic nitrogens is 5. The summed E-state index contributed by atoms with van der Waals surface area (Å²) in [5, 5.41) is 1.00. The highest BCUT2D eigenvalue weighted by molar-refractivity contribution is 6.76. The molecule has 116 valence electrons. The standard InChI is InChI=1S/C15H21N5OSi/c1-22(2,3)7-6-21-11-20-5-4-12-14(13-8-16-9-17-13)18-10-19-15(12)20/h4-5,8-10H,6-7,11H2,1-3H3,(H,16,17). The number of imidazole rings is 1. The van der Waals surface area contributed by atoms with E-state index in [4.69, 9.17) is 4.74 Å². The SMILES string of the molecule is C[Si](C)(C)CCOCn1ccc2c(-c3cnc[nH]3)ncnc21. The van der Waals surface area contributed by atoms with E-state index in [1.165, 1.54) is 6.04 Å². The van der Waals surface area contributed by atoms with Crippen molar-refractivity contribution in [2.24, 2.45) is 0 Å². The molecule has 0 amide bonds. The Morgan fingerprint density at radius 3 is 2.86 bits per heavy atom. The zero-order valence-corrected chi connectivity index (χ0v) is 14.2. The molecule has 3 heterocycles. The first-order chi connectivity index (χ1) is 10.5. The van der Waals surface area contributed by atoms with E-state index in [-0.39, 0.29) is 0 Å².